The highest BCUT2D eigenvalue weighted by Crippen LogP contribution is 2.41. The molecular formula is C15H25BrO4SSi. The predicted octanol–water partition coefficient (Wildman–Crippen LogP) is 3.80. The molecule has 0 aliphatic heterocycles. The molecule has 1 atom stereocenters. The summed E-state index contributed by atoms with van der Waals surface area (Å²) < 4.78 is 27.5. The summed E-state index contributed by atoms with van der Waals surface area (Å²) in [5.74, 6) is 0.0932. The molecule has 22 heavy (non-hydrogen) atoms. The first-order chi connectivity index (χ1) is 9.90. The molecule has 0 radical (unpaired) electrons. The molecule has 0 amide bonds. The van der Waals surface area contributed by atoms with Gasteiger partial charge in [-0.2, -0.15) is 8.42 Å². The van der Waals surface area contributed by atoms with Gasteiger partial charge < -0.3 is 0 Å². The monoisotopic (exact) mass is 408 g/mol. The molecule has 1 aliphatic rings. The van der Waals surface area contributed by atoms with E-state index in [1.807, 2.05) is 6.08 Å². The number of allylic oxidation sites excluding steroid dienone is 4. The van der Waals surface area contributed by atoms with Gasteiger partial charge in [-0.25, -0.2) is 0 Å². The van der Waals surface area contributed by atoms with Gasteiger partial charge in [-0.05, 0) is 40.4 Å². The minimum absolute atomic E-state index is 0.0932. The largest absolute Gasteiger partial charge is 0.289 e. The van der Waals surface area contributed by atoms with E-state index in [9.17, 15) is 13.2 Å². The molecule has 0 heterocycles. The van der Waals surface area contributed by atoms with Crippen molar-refractivity contribution in [2.45, 2.75) is 45.8 Å². The minimum Gasteiger partial charge on any atom is -0.289 e. The van der Waals surface area contributed by atoms with Gasteiger partial charge in [0.05, 0.1) is 25.4 Å². The van der Waals surface area contributed by atoms with Crippen molar-refractivity contribution in [2.24, 2.45) is 5.41 Å². The van der Waals surface area contributed by atoms with Crippen molar-refractivity contribution >= 4 is 39.9 Å². The van der Waals surface area contributed by atoms with Crippen molar-refractivity contribution in [3.05, 3.63) is 21.8 Å². The molecule has 0 fully saturated rings. The zero-order valence-electron chi connectivity index (χ0n) is 13.9. The molecule has 0 bridgehead atoms. The van der Waals surface area contributed by atoms with E-state index in [1.165, 1.54) is 0 Å². The van der Waals surface area contributed by atoms with Crippen LogP contribution in [0.3, 0.4) is 0 Å². The van der Waals surface area contributed by atoms with Crippen molar-refractivity contribution in [3.63, 3.8) is 0 Å². The van der Waals surface area contributed by atoms with Crippen LogP contribution < -0.4 is 0 Å². The van der Waals surface area contributed by atoms with Gasteiger partial charge in [-0.15, -0.1) is 0 Å². The summed E-state index contributed by atoms with van der Waals surface area (Å²) in [4.78, 5) is 12.4. The van der Waals surface area contributed by atoms with Gasteiger partial charge >= 0.3 is 0 Å². The van der Waals surface area contributed by atoms with Crippen LogP contribution in [0, 0.1) is 5.41 Å². The molecule has 0 saturated carbocycles. The van der Waals surface area contributed by atoms with Crippen LogP contribution in [0.15, 0.2) is 21.8 Å². The maximum atomic E-state index is 12.4. The summed E-state index contributed by atoms with van der Waals surface area (Å²) in [5, 5.41) is 0.938. The van der Waals surface area contributed by atoms with E-state index in [-0.39, 0.29) is 17.8 Å². The SMILES string of the molecule is CCC1(CCCOS(C)(=O)=O)C=C(Br)C(=O)C([Si](C)(C)C)=C1. The molecule has 0 aromatic carbocycles. The second-order valence-corrected chi connectivity index (χ2v) is 14.4. The smallest absolute Gasteiger partial charge is 0.264 e. The summed E-state index contributed by atoms with van der Waals surface area (Å²) in [6, 6.07) is 0. The number of carbonyl (C=O) groups is 1. The van der Waals surface area contributed by atoms with Crippen molar-refractivity contribution < 1.29 is 17.4 Å². The van der Waals surface area contributed by atoms with Crippen LogP contribution in [0.25, 0.3) is 0 Å². The predicted molar refractivity (Wildman–Crippen MR) is 96.2 cm³/mol. The molecule has 0 N–H and O–H groups in total. The van der Waals surface area contributed by atoms with Gasteiger partial charge in [0.15, 0.2) is 5.78 Å². The van der Waals surface area contributed by atoms with E-state index >= 15 is 0 Å². The Morgan fingerprint density at radius 2 is 1.86 bits per heavy atom. The molecule has 126 valence electrons. The Labute approximate surface area is 143 Å². The van der Waals surface area contributed by atoms with Crippen LogP contribution >= 0.6 is 15.9 Å². The lowest BCUT2D eigenvalue weighted by Gasteiger charge is -2.34. The zero-order chi connectivity index (χ0) is 17.2. The molecule has 0 saturated heterocycles. The number of rotatable bonds is 7. The highest BCUT2D eigenvalue weighted by molar-refractivity contribution is 9.12. The molecular weight excluding hydrogens is 384 g/mol. The van der Waals surface area contributed by atoms with E-state index < -0.39 is 18.2 Å². The maximum absolute atomic E-state index is 12.4. The fraction of sp³-hybridized carbons (Fsp3) is 0.667. The summed E-state index contributed by atoms with van der Waals surface area (Å²) >= 11 is 3.41. The van der Waals surface area contributed by atoms with Crippen LogP contribution in [-0.2, 0) is 19.1 Å². The molecule has 7 heteroatoms. The summed E-state index contributed by atoms with van der Waals surface area (Å²) in [5.41, 5.74) is -0.205. The van der Waals surface area contributed by atoms with Gasteiger partial charge in [-0.3, -0.25) is 8.98 Å². The lowest BCUT2D eigenvalue weighted by molar-refractivity contribution is -0.111. The number of Topliss-reactive ketones (excluding diaryl/α,β-unsaturated/α-hetero) is 1. The third-order valence-electron chi connectivity index (χ3n) is 3.86. The average molecular weight is 409 g/mol. The highest BCUT2D eigenvalue weighted by atomic mass is 79.9. The summed E-state index contributed by atoms with van der Waals surface area (Å²) in [6.07, 6.45) is 7.40. The Bertz CT molecular complexity index is 602. The number of ketones is 1. The van der Waals surface area contributed by atoms with Gasteiger partial charge in [-0.1, -0.05) is 38.7 Å². The van der Waals surface area contributed by atoms with Crippen LogP contribution in [0.2, 0.25) is 19.6 Å². The van der Waals surface area contributed by atoms with Gasteiger partial charge in [0.2, 0.25) is 0 Å². The Hall–Kier alpha value is -0.243. The third kappa shape index (κ3) is 5.44. The number of hydrogen-bond acceptors (Lipinski definition) is 4. The molecule has 1 rings (SSSR count). The molecule has 1 aliphatic carbocycles. The quantitative estimate of drug-likeness (QED) is 0.365. The lowest BCUT2D eigenvalue weighted by Crippen LogP contribution is -2.35. The van der Waals surface area contributed by atoms with Crippen molar-refractivity contribution in [2.75, 3.05) is 12.9 Å². The topological polar surface area (TPSA) is 60.4 Å². The van der Waals surface area contributed by atoms with Crippen molar-refractivity contribution in [3.8, 4) is 0 Å². The fourth-order valence-electron chi connectivity index (χ4n) is 2.54. The standard InChI is InChI=1S/C15H25BrO4SSi/c1-6-15(8-7-9-20-21(2,18)19)10-12(16)14(17)13(11-15)22(3,4)5/h10-11H,6-9H2,1-5H3. The summed E-state index contributed by atoms with van der Waals surface area (Å²) in [7, 11) is -5.12. The first kappa shape index (κ1) is 19.8. The lowest BCUT2D eigenvalue weighted by atomic mass is 9.77. The van der Waals surface area contributed by atoms with Crippen LogP contribution in [0.5, 0.6) is 0 Å². The molecule has 0 aromatic heterocycles. The van der Waals surface area contributed by atoms with Gasteiger partial charge in [0.1, 0.15) is 0 Å². The zero-order valence-corrected chi connectivity index (χ0v) is 17.3. The van der Waals surface area contributed by atoms with Crippen LogP contribution in [0.1, 0.15) is 26.2 Å². The first-order valence-corrected chi connectivity index (χ1v) is 13.5. The van der Waals surface area contributed by atoms with Crippen LogP contribution in [-0.4, -0.2) is 35.1 Å². The number of halogens is 1. The van der Waals surface area contributed by atoms with Crippen molar-refractivity contribution in [1.82, 2.24) is 0 Å². The van der Waals surface area contributed by atoms with E-state index in [0.717, 1.165) is 24.3 Å². The van der Waals surface area contributed by atoms with Crippen LogP contribution in [0.4, 0.5) is 0 Å². The van der Waals surface area contributed by atoms with E-state index in [2.05, 4.69) is 48.6 Å². The first-order valence-electron chi connectivity index (χ1n) is 7.41. The normalized spacial score (nSPS) is 23.3. The van der Waals surface area contributed by atoms with Crippen molar-refractivity contribution in [1.29, 1.82) is 0 Å². The Morgan fingerprint density at radius 1 is 1.27 bits per heavy atom. The van der Waals surface area contributed by atoms with E-state index in [1.54, 1.807) is 0 Å². The Balaban J connectivity index is 2.95. The molecule has 1 unspecified atom stereocenters. The van der Waals surface area contributed by atoms with E-state index in [0.29, 0.717) is 10.9 Å². The van der Waals surface area contributed by atoms with E-state index in [4.69, 9.17) is 4.18 Å². The minimum atomic E-state index is -3.39. The Kier molecular flexibility index (Phi) is 6.40. The molecule has 0 spiro atoms. The third-order valence-corrected chi connectivity index (χ3v) is 7.03. The number of hydrogen-bond donors (Lipinski definition) is 0. The molecule has 0 aromatic rings. The molecule has 4 nitrogen and oxygen atoms in total. The number of carbonyl (C=O) groups excluding carboxylic acids is 1. The second-order valence-electron chi connectivity index (χ2n) is 6.85. The average Bonchev–Trinajstić information content (AvgIpc) is 2.36. The van der Waals surface area contributed by atoms with Gasteiger partial charge in [0.25, 0.3) is 10.1 Å². The summed E-state index contributed by atoms with van der Waals surface area (Å²) in [6.45, 7) is 8.75. The second kappa shape index (κ2) is 7.11. The highest BCUT2D eigenvalue weighted by Gasteiger charge is 2.36. The maximum Gasteiger partial charge on any atom is 0.264 e. The Morgan fingerprint density at radius 3 is 2.32 bits per heavy atom. The van der Waals surface area contributed by atoms with Gasteiger partial charge in [0, 0.05) is 5.41 Å². The fourth-order valence-corrected chi connectivity index (χ4v) is 5.34.